The van der Waals surface area contributed by atoms with Gasteiger partial charge in [-0.1, -0.05) is 17.7 Å². The number of esters is 1. The van der Waals surface area contributed by atoms with Crippen LogP contribution < -0.4 is 16.6 Å². The lowest BCUT2D eigenvalue weighted by molar-refractivity contribution is -0.113. The van der Waals surface area contributed by atoms with Crippen molar-refractivity contribution in [1.29, 1.82) is 0 Å². The van der Waals surface area contributed by atoms with E-state index in [-0.39, 0.29) is 32.9 Å². The van der Waals surface area contributed by atoms with E-state index < -0.39 is 34.9 Å². The maximum atomic E-state index is 13.9. The zero-order chi connectivity index (χ0) is 25.0. The molecule has 34 heavy (non-hydrogen) atoms. The van der Waals surface area contributed by atoms with Crippen LogP contribution in [0.5, 0.6) is 0 Å². The number of aliphatic imine (C=N–C) groups is 1. The number of anilines is 1. The van der Waals surface area contributed by atoms with Crippen molar-refractivity contribution in [3.05, 3.63) is 75.6 Å². The molecule has 0 saturated heterocycles. The van der Waals surface area contributed by atoms with E-state index in [9.17, 15) is 27.6 Å². The number of hydrogen-bond acceptors (Lipinski definition) is 7. The van der Waals surface area contributed by atoms with E-state index in [1.54, 1.807) is 0 Å². The lowest BCUT2D eigenvalue weighted by Gasteiger charge is -2.15. The number of nitrogens with one attached hydrogen (secondary N) is 2. The molecule has 1 aromatic carbocycles. The maximum Gasteiger partial charge on any atom is 0.434 e. The molecule has 0 aliphatic heterocycles. The van der Waals surface area contributed by atoms with Crippen molar-refractivity contribution < 1.29 is 27.5 Å². The van der Waals surface area contributed by atoms with Crippen molar-refractivity contribution in [2.24, 2.45) is 10.7 Å². The minimum Gasteiger partial charge on any atom is -0.464 e. The summed E-state index contributed by atoms with van der Waals surface area (Å²) in [6.45, 7) is 0. The molecule has 0 bridgehead atoms. The Morgan fingerprint density at radius 3 is 2.62 bits per heavy atom. The minimum absolute atomic E-state index is 0.111. The summed E-state index contributed by atoms with van der Waals surface area (Å²) < 4.78 is 46.2. The van der Waals surface area contributed by atoms with Crippen molar-refractivity contribution in [2.45, 2.75) is 6.18 Å². The number of halogens is 4. The maximum absolute atomic E-state index is 13.9. The van der Waals surface area contributed by atoms with Gasteiger partial charge in [-0.3, -0.25) is 9.59 Å². The van der Waals surface area contributed by atoms with E-state index in [0.717, 1.165) is 19.4 Å². The molecule has 176 valence electrons. The second kappa shape index (κ2) is 9.75. The predicted octanol–water partition coefficient (Wildman–Crippen LogP) is 3.48. The molecule has 13 heteroatoms. The first-order chi connectivity index (χ1) is 16.1. The van der Waals surface area contributed by atoms with Gasteiger partial charge in [-0.25, -0.2) is 14.8 Å². The first-order valence-corrected chi connectivity index (χ1v) is 9.68. The van der Waals surface area contributed by atoms with Crippen LogP contribution in [0, 0.1) is 0 Å². The number of carbonyl (C=O) groups excluding carboxylic acids is 2. The number of nitrogens with two attached hydrogens (primary N) is 1. The minimum atomic E-state index is -5.09. The van der Waals surface area contributed by atoms with Crippen molar-refractivity contribution in [3.63, 3.8) is 0 Å². The lowest BCUT2D eigenvalue weighted by atomic mass is 10.1. The zero-order valence-electron chi connectivity index (χ0n) is 17.2. The van der Waals surface area contributed by atoms with Gasteiger partial charge in [0.1, 0.15) is 0 Å². The number of H-pyrrole nitrogens is 1. The van der Waals surface area contributed by atoms with Crippen molar-refractivity contribution in [2.75, 3.05) is 12.4 Å². The third-order valence-corrected chi connectivity index (χ3v) is 4.73. The summed E-state index contributed by atoms with van der Waals surface area (Å²) in [4.78, 5) is 46.0. The molecule has 0 saturated carbocycles. The fraction of sp³-hybridized carbons (Fsp3) is 0.0952. The van der Waals surface area contributed by atoms with Gasteiger partial charge in [-0.2, -0.15) is 13.2 Å². The number of aromatic nitrogens is 2. The molecule has 9 nitrogen and oxygen atoms in total. The Morgan fingerprint density at radius 1 is 1.26 bits per heavy atom. The molecular weight excluding hydrogens is 479 g/mol. The van der Waals surface area contributed by atoms with Gasteiger partial charge in [-0.05, 0) is 24.3 Å². The van der Waals surface area contributed by atoms with E-state index in [0.29, 0.717) is 6.20 Å². The summed E-state index contributed by atoms with van der Waals surface area (Å²) in [5.41, 5.74) is 1.70. The molecule has 0 spiro atoms. The summed E-state index contributed by atoms with van der Waals surface area (Å²) in [6, 6.07) is 6.52. The molecule has 3 aromatic rings. The van der Waals surface area contributed by atoms with Crippen LogP contribution in [0.2, 0.25) is 5.02 Å². The molecule has 0 radical (unpaired) electrons. The Balaban J connectivity index is 2.02. The number of hydrogen-bond donors (Lipinski definition) is 3. The molecule has 1 amide bonds. The zero-order valence-corrected chi connectivity index (χ0v) is 18.0. The third-order valence-electron chi connectivity index (χ3n) is 4.44. The molecule has 2 heterocycles. The van der Waals surface area contributed by atoms with Gasteiger partial charge in [0, 0.05) is 23.2 Å². The Morgan fingerprint density at radius 2 is 2.00 bits per heavy atom. The van der Waals surface area contributed by atoms with Gasteiger partial charge in [0.2, 0.25) is 0 Å². The van der Waals surface area contributed by atoms with Gasteiger partial charge in [-0.15, -0.1) is 0 Å². The quantitative estimate of drug-likeness (QED) is 0.282. The van der Waals surface area contributed by atoms with Gasteiger partial charge >= 0.3 is 12.1 Å². The number of ether oxygens (including phenoxy) is 1. The topological polar surface area (TPSA) is 140 Å². The van der Waals surface area contributed by atoms with E-state index >= 15 is 0 Å². The number of pyridine rings is 2. The summed E-state index contributed by atoms with van der Waals surface area (Å²) in [5, 5.41) is 2.23. The largest absolute Gasteiger partial charge is 0.464 e. The highest BCUT2D eigenvalue weighted by atomic mass is 35.5. The first-order valence-electron chi connectivity index (χ1n) is 9.30. The Bertz CT molecular complexity index is 1400. The molecule has 0 unspecified atom stereocenters. The number of carbonyl (C=O) groups is 2. The van der Waals surface area contributed by atoms with Crippen LogP contribution in [-0.2, 0) is 9.53 Å². The number of rotatable bonds is 5. The summed E-state index contributed by atoms with van der Waals surface area (Å²) >= 11 is 5.92. The van der Waals surface area contributed by atoms with Crippen LogP contribution in [0.15, 0.2) is 64.3 Å². The molecule has 3 rings (SSSR count). The number of amides is 1. The average molecular weight is 494 g/mol. The second-order valence-electron chi connectivity index (χ2n) is 6.58. The molecule has 0 atom stereocenters. The number of nitrogens with zero attached hydrogens (tertiary/aromatic N) is 2. The molecule has 4 N–H and O–H groups in total. The van der Waals surface area contributed by atoms with Crippen LogP contribution >= 0.6 is 11.6 Å². The fourth-order valence-electron chi connectivity index (χ4n) is 2.91. The fourth-order valence-corrected chi connectivity index (χ4v) is 3.16. The smallest absolute Gasteiger partial charge is 0.434 e. The van der Waals surface area contributed by atoms with Crippen molar-refractivity contribution in [3.8, 4) is 0 Å². The van der Waals surface area contributed by atoms with Gasteiger partial charge < -0.3 is 20.8 Å². The van der Waals surface area contributed by atoms with Gasteiger partial charge in [0.25, 0.3) is 11.5 Å². The highest BCUT2D eigenvalue weighted by Crippen LogP contribution is 2.30. The Kier molecular flexibility index (Phi) is 7.01. The molecule has 0 aliphatic rings. The van der Waals surface area contributed by atoms with Crippen molar-refractivity contribution >= 4 is 51.3 Å². The van der Waals surface area contributed by atoms with E-state index in [1.165, 1.54) is 30.5 Å². The van der Waals surface area contributed by atoms with Crippen LogP contribution in [-0.4, -0.2) is 40.8 Å². The predicted molar refractivity (Wildman–Crippen MR) is 119 cm³/mol. The summed E-state index contributed by atoms with van der Waals surface area (Å²) in [6.07, 6.45) is -2.36. The normalized spacial score (nSPS) is 12.5. The van der Waals surface area contributed by atoms with Crippen molar-refractivity contribution in [1.82, 2.24) is 9.97 Å². The SMILES string of the molecule is COC(=O)c1ncc(NC(=O)C(=CN)C(=Nc2cccc3c(=O)[nH]ccc23)C(F)(F)F)cc1Cl. The number of benzene rings is 1. The highest BCUT2D eigenvalue weighted by Gasteiger charge is 2.40. The molecule has 2 aromatic heterocycles. The monoisotopic (exact) mass is 493 g/mol. The second-order valence-corrected chi connectivity index (χ2v) is 6.99. The van der Waals surface area contributed by atoms with Crippen LogP contribution in [0.1, 0.15) is 10.5 Å². The van der Waals surface area contributed by atoms with Crippen LogP contribution in [0.25, 0.3) is 10.8 Å². The van der Waals surface area contributed by atoms with Gasteiger partial charge in [0.15, 0.2) is 11.4 Å². The van der Waals surface area contributed by atoms with E-state index in [2.05, 4.69) is 25.0 Å². The number of alkyl halides is 3. The highest BCUT2D eigenvalue weighted by molar-refractivity contribution is 6.34. The standard InChI is InChI=1S/C21H15ClF3N5O4/c1-34-20(33)16-14(22)7-10(9-28-16)29-19(32)13(8-26)17(21(23,24)25)30-15-4-2-3-12-11(15)5-6-27-18(12)31/h2-9H,26H2,1H3,(H,27,31)(H,29,32). The summed E-state index contributed by atoms with van der Waals surface area (Å²) in [5.74, 6) is -2.11. The summed E-state index contributed by atoms with van der Waals surface area (Å²) in [7, 11) is 1.11. The molecular formula is C21H15ClF3N5O4. The lowest BCUT2D eigenvalue weighted by Crippen LogP contribution is -2.32. The molecule has 0 fully saturated rings. The van der Waals surface area contributed by atoms with Gasteiger partial charge in [0.05, 0.1) is 35.3 Å². The van der Waals surface area contributed by atoms with Crippen LogP contribution in [0.3, 0.4) is 0 Å². The number of aromatic amines is 1. The molecule has 0 aliphatic carbocycles. The number of fused-ring (bicyclic) bond motifs is 1. The van der Waals surface area contributed by atoms with Crippen LogP contribution in [0.4, 0.5) is 24.5 Å². The third kappa shape index (κ3) is 5.07. The van der Waals surface area contributed by atoms with E-state index in [1.807, 2.05) is 0 Å². The Labute approximate surface area is 194 Å². The first kappa shape index (κ1) is 24.5. The van der Waals surface area contributed by atoms with E-state index in [4.69, 9.17) is 17.3 Å². The number of methoxy groups -OCH3 is 1. The Hall–Kier alpha value is -4.19. The average Bonchev–Trinajstić information content (AvgIpc) is 2.78.